The van der Waals surface area contributed by atoms with E-state index in [1.807, 2.05) is 24.3 Å². The van der Waals surface area contributed by atoms with Crippen molar-refractivity contribution in [2.45, 2.75) is 106 Å². The number of aromatic nitrogens is 4. The van der Waals surface area contributed by atoms with Crippen molar-refractivity contribution in [2.24, 2.45) is 5.92 Å². The number of ether oxygens (including phenoxy) is 1. The summed E-state index contributed by atoms with van der Waals surface area (Å²) in [5, 5.41) is 19.1. The summed E-state index contributed by atoms with van der Waals surface area (Å²) in [7, 11) is -2.59. The molecule has 0 spiro atoms. The third-order valence-electron chi connectivity index (χ3n) is 11.9. The lowest BCUT2D eigenvalue weighted by molar-refractivity contribution is -0.137. The topological polar surface area (TPSA) is 172 Å². The van der Waals surface area contributed by atoms with Gasteiger partial charge in [0.05, 0.1) is 46.6 Å². The van der Waals surface area contributed by atoms with Crippen molar-refractivity contribution in [3.63, 3.8) is 0 Å². The van der Waals surface area contributed by atoms with Crippen LogP contribution in [-0.4, -0.2) is 105 Å². The molecule has 1 unspecified atom stereocenters. The van der Waals surface area contributed by atoms with Crippen LogP contribution in [0.25, 0.3) is 11.3 Å². The van der Waals surface area contributed by atoms with Crippen molar-refractivity contribution in [1.82, 2.24) is 34.3 Å². The van der Waals surface area contributed by atoms with Crippen molar-refractivity contribution < 1.29 is 45.4 Å². The number of alkyl halides is 3. The summed E-state index contributed by atoms with van der Waals surface area (Å²) in [5.74, 6) is 4.43. The first-order chi connectivity index (χ1) is 30.3. The van der Waals surface area contributed by atoms with Crippen LogP contribution in [-0.2, 0) is 37.1 Å². The van der Waals surface area contributed by atoms with Gasteiger partial charge in [-0.25, -0.2) is 22.8 Å². The van der Waals surface area contributed by atoms with Gasteiger partial charge in [-0.1, -0.05) is 24.0 Å². The Morgan fingerprint density at radius 1 is 1.02 bits per heavy atom. The van der Waals surface area contributed by atoms with Crippen molar-refractivity contribution in [3.8, 4) is 23.1 Å². The minimum Gasteiger partial charge on any atom is -0.389 e. The van der Waals surface area contributed by atoms with Gasteiger partial charge in [0, 0.05) is 62.7 Å². The van der Waals surface area contributed by atoms with Gasteiger partial charge in [0.15, 0.2) is 0 Å². The molecule has 3 fully saturated rings. The molecule has 1 atom stereocenters. The number of rotatable bonds is 13. The zero-order valence-electron chi connectivity index (χ0n) is 35.9. The van der Waals surface area contributed by atoms with E-state index in [1.165, 1.54) is 54.4 Å². The van der Waals surface area contributed by atoms with Crippen molar-refractivity contribution in [1.29, 1.82) is 0 Å². The van der Waals surface area contributed by atoms with Gasteiger partial charge in [0.1, 0.15) is 18.0 Å². The third-order valence-corrected chi connectivity index (χ3v) is 13.9. The molecule has 1 aliphatic carbocycles. The molecule has 342 valence electrons. The molecule has 14 nitrogen and oxygen atoms in total. The third kappa shape index (κ3) is 11.7. The largest absolute Gasteiger partial charge is 0.419 e. The number of benzene rings is 2. The highest BCUT2D eigenvalue weighted by atomic mass is 32.2. The van der Waals surface area contributed by atoms with E-state index in [0.717, 1.165) is 62.5 Å². The fourth-order valence-corrected chi connectivity index (χ4v) is 9.96. The number of anilines is 2. The average Bonchev–Trinajstić information content (AvgIpc) is 3.70. The van der Waals surface area contributed by atoms with E-state index in [2.05, 4.69) is 42.4 Å². The summed E-state index contributed by atoms with van der Waals surface area (Å²) < 4.78 is 93.4. The molecule has 0 bridgehead atoms. The molecular formula is C45H52F4N8O6S. The number of nitrogens with one attached hydrogen (secondary N) is 2. The van der Waals surface area contributed by atoms with E-state index in [9.17, 15) is 36.3 Å². The molecular weight excluding hydrogens is 857 g/mol. The first-order valence-corrected chi connectivity index (χ1v) is 22.8. The van der Waals surface area contributed by atoms with Crippen molar-refractivity contribution in [2.75, 3.05) is 38.6 Å². The van der Waals surface area contributed by atoms with E-state index in [-0.39, 0.29) is 58.5 Å². The quantitative estimate of drug-likeness (QED) is 0.0788. The SMILES string of the molecule is CN(C1CCC(CN2CCC(OCC#Cc3cccc(C4CCC(=O)NC4=O)c3)CC2)CC1)S(=O)(=O)c1ccc(Nc2ncc(C(F)(F)F)c(-c3cnn(CC(C)(C)O)c3)n2)c(F)c1. The number of sulfonamides is 1. The number of imide groups is 1. The van der Waals surface area contributed by atoms with Gasteiger partial charge in [-0.15, -0.1) is 0 Å². The summed E-state index contributed by atoms with van der Waals surface area (Å²) in [5.41, 5.74) is -1.44. The Labute approximate surface area is 369 Å². The molecule has 7 rings (SSSR count). The molecule has 2 saturated heterocycles. The van der Waals surface area contributed by atoms with Gasteiger partial charge in [-0.2, -0.15) is 22.6 Å². The average molecular weight is 909 g/mol. The van der Waals surface area contributed by atoms with Crippen LogP contribution in [0.3, 0.4) is 0 Å². The number of amides is 2. The summed E-state index contributed by atoms with van der Waals surface area (Å²) >= 11 is 0. The molecule has 0 radical (unpaired) electrons. The predicted octanol–water partition coefficient (Wildman–Crippen LogP) is 6.24. The second-order valence-electron chi connectivity index (χ2n) is 17.4. The Bertz CT molecular complexity index is 2500. The van der Waals surface area contributed by atoms with E-state index in [4.69, 9.17) is 4.74 Å². The summed E-state index contributed by atoms with van der Waals surface area (Å²) in [6, 6.07) is 10.5. The highest BCUT2D eigenvalue weighted by molar-refractivity contribution is 7.89. The van der Waals surface area contributed by atoms with Gasteiger partial charge >= 0.3 is 6.18 Å². The Balaban J connectivity index is 0.869. The van der Waals surface area contributed by atoms with Gasteiger partial charge in [-0.3, -0.25) is 19.6 Å². The standard InChI is InChI=1S/C45H52F4N8O6S/c1-44(2,60)28-57-27-32(24-51-57)41-37(45(47,48)49)25-50-43(54-41)52-39-15-13-35(23-38(39)46)64(61,62)55(3)33-11-9-30(10-12-33)26-56-19-17-34(18-20-56)63-21-5-7-29-6-4-8-31(22-29)36-14-16-40(58)53-42(36)59/h4,6,8,13,15,22-25,27,30,33-34,36,60H,9-12,14,16-21,26,28H2,1-3H3,(H,50,52,54)(H,53,58,59). The van der Waals surface area contributed by atoms with Crippen molar-refractivity contribution in [3.05, 3.63) is 83.6 Å². The molecule has 19 heteroatoms. The number of hydrogen-bond donors (Lipinski definition) is 3. The lowest BCUT2D eigenvalue weighted by atomic mass is 9.85. The molecule has 1 saturated carbocycles. The second kappa shape index (κ2) is 19.5. The van der Waals surface area contributed by atoms with E-state index in [1.54, 1.807) is 0 Å². The van der Waals surface area contributed by atoms with Crippen LogP contribution in [0.1, 0.15) is 87.8 Å². The van der Waals surface area contributed by atoms with Crippen LogP contribution >= 0.6 is 0 Å². The minimum absolute atomic E-state index is 0.00130. The Kier molecular flexibility index (Phi) is 14.2. The normalized spacial score (nSPS) is 20.5. The highest BCUT2D eigenvalue weighted by Gasteiger charge is 2.37. The zero-order chi connectivity index (χ0) is 45.8. The number of nitrogens with zero attached hydrogens (tertiary/aromatic N) is 6. The van der Waals surface area contributed by atoms with Gasteiger partial charge in [0.2, 0.25) is 27.8 Å². The molecule has 4 aromatic rings. The fourth-order valence-electron chi connectivity index (χ4n) is 8.54. The number of likely N-dealkylation sites (tertiary alicyclic amines) is 1. The van der Waals surface area contributed by atoms with Gasteiger partial charge in [0.25, 0.3) is 0 Å². The van der Waals surface area contributed by atoms with E-state index < -0.39 is 38.9 Å². The first-order valence-electron chi connectivity index (χ1n) is 21.3. The van der Waals surface area contributed by atoms with Gasteiger partial charge in [-0.05, 0) is 101 Å². The maximum absolute atomic E-state index is 15.5. The van der Waals surface area contributed by atoms with Crippen molar-refractivity contribution >= 4 is 33.5 Å². The maximum Gasteiger partial charge on any atom is 0.419 e. The monoisotopic (exact) mass is 908 g/mol. The molecule has 2 aromatic carbocycles. The lowest BCUT2D eigenvalue weighted by Gasteiger charge is -2.38. The summed E-state index contributed by atoms with van der Waals surface area (Å²) in [4.78, 5) is 33.7. The van der Waals surface area contributed by atoms with Crippen LogP contribution in [0, 0.1) is 23.6 Å². The number of halogens is 4. The van der Waals surface area contributed by atoms with E-state index >= 15 is 4.39 Å². The number of carbonyl (C=O) groups excluding carboxylic acids is 2. The smallest absolute Gasteiger partial charge is 0.389 e. The van der Waals surface area contributed by atoms with E-state index in [0.29, 0.717) is 44.4 Å². The molecule has 2 aliphatic heterocycles. The van der Waals surface area contributed by atoms with Crippen LogP contribution in [0.4, 0.5) is 29.2 Å². The van der Waals surface area contributed by atoms with Crippen LogP contribution < -0.4 is 10.6 Å². The predicted molar refractivity (Wildman–Crippen MR) is 229 cm³/mol. The number of aliphatic hydroxyl groups is 1. The highest BCUT2D eigenvalue weighted by Crippen LogP contribution is 2.37. The first kappa shape index (κ1) is 46.7. The lowest BCUT2D eigenvalue weighted by Crippen LogP contribution is -2.43. The van der Waals surface area contributed by atoms with Crippen LogP contribution in [0.5, 0.6) is 0 Å². The minimum atomic E-state index is -4.81. The molecule has 3 aliphatic rings. The Morgan fingerprint density at radius 3 is 2.45 bits per heavy atom. The Morgan fingerprint density at radius 2 is 1.77 bits per heavy atom. The maximum atomic E-state index is 15.5. The summed E-state index contributed by atoms with van der Waals surface area (Å²) in [6.07, 6.45) is 3.90. The number of hydrogen-bond acceptors (Lipinski definition) is 11. The summed E-state index contributed by atoms with van der Waals surface area (Å²) in [6.45, 7) is 6.04. The fraction of sp³-hybridized carbons (Fsp3) is 0.489. The zero-order valence-corrected chi connectivity index (χ0v) is 36.7. The number of carbonyl (C=O) groups is 2. The molecule has 4 heterocycles. The Hall–Kier alpha value is -5.26. The molecule has 2 aromatic heterocycles. The molecule has 3 N–H and O–H groups in total. The second-order valence-corrected chi connectivity index (χ2v) is 19.4. The van der Waals surface area contributed by atoms with Crippen LogP contribution in [0.2, 0.25) is 0 Å². The molecule has 2 amide bonds. The van der Waals surface area contributed by atoms with Crippen LogP contribution in [0.15, 0.2) is 66.0 Å². The molecule has 64 heavy (non-hydrogen) atoms. The van der Waals surface area contributed by atoms with Gasteiger partial charge < -0.3 is 20.1 Å². The number of piperidine rings is 2.